The molecule has 4 aromatic rings. The fraction of sp³-hybridized carbons (Fsp3) is 0.286. The van der Waals surface area contributed by atoms with Crippen LogP contribution in [0.15, 0.2) is 53.3 Å². The van der Waals surface area contributed by atoms with Crippen molar-refractivity contribution in [2.75, 3.05) is 31.5 Å². The molecule has 1 aliphatic heterocycles. The van der Waals surface area contributed by atoms with Crippen LogP contribution in [0.4, 0.5) is 11.5 Å². The molecule has 0 amide bonds. The molecule has 8 nitrogen and oxygen atoms in total. The van der Waals surface area contributed by atoms with E-state index in [4.69, 9.17) is 19.2 Å². The number of fused-ring (bicyclic) bond motifs is 3. The lowest BCUT2D eigenvalue weighted by Crippen LogP contribution is -2.20. The first-order chi connectivity index (χ1) is 17.5. The third-order valence-corrected chi connectivity index (χ3v) is 6.62. The van der Waals surface area contributed by atoms with Gasteiger partial charge in [-0.15, -0.1) is 0 Å². The molecular weight excluding hydrogens is 456 g/mol. The maximum absolute atomic E-state index is 11.6. The molecule has 0 radical (unpaired) electrons. The van der Waals surface area contributed by atoms with Gasteiger partial charge < -0.3 is 29.4 Å². The van der Waals surface area contributed by atoms with E-state index in [0.717, 1.165) is 56.3 Å². The largest absolute Gasteiger partial charge is 0.497 e. The molecule has 0 unspecified atom stereocenters. The fourth-order valence-electron chi connectivity index (χ4n) is 4.76. The molecule has 8 heteroatoms. The van der Waals surface area contributed by atoms with Gasteiger partial charge >= 0.3 is 0 Å². The highest BCUT2D eigenvalue weighted by molar-refractivity contribution is 5.87. The lowest BCUT2D eigenvalue weighted by Gasteiger charge is -2.21. The van der Waals surface area contributed by atoms with Crippen molar-refractivity contribution in [2.24, 2.45) is 0 Å². The van der Waals surface area contributed by atoms with E-state index in [-0.39, 0.29) is 5.56 Å². The molecule has 1 aliphatic rings. The molecule has 5 rings (SSSR count). The Labute approximate surface area is 209 Å². The van der Waals surface area contributed by atoms with Gasteiger partial charge in [-0.2, -0.15) is 0 Å². The summed E-state index contributed by atoms with van der Waals surface area (Å²) < 4.78 is 16.7. The topological polar surface area (TPSA) is 88.7 Å². The van der Waals surface area contributed by atoms with Crippen LogP contribution in [-0.4, -0.2) is 31.2 Å². The number of aromatic amines is 1. The van der Waals surface area contributed by atoms with E-state index < -0.39 is 0 Å². The van der Waals surface area contributed by atoms with Gasteiger partial charge in [-0.05, 0) is 42.3 Å². The van der Waals surface area contributed by atoms with Crippen LogP contribution >= 0.6 is 0 Å². The summed E-state index contributed by atoms with van der Waals surface area (Å²) in [6, 6.07) is 15.6. The molecule has 0 bridgehead atoms. The number of H-pyrrole nitrogens is 1. The molecule has 36 heavy (non-hydrogen) atoms. The van der Waals surface area contributed by atoms with Crippen molar-refractivity contribution in [1.29, 1.82) is 0 Å². The van der Waals surface area contributed by atoms with Gasteiger partial charge in [0.05, 0.1) is 38.6 Å². The molecule has 2 aromatic heterocycles. The minimum absolute atomic E-state index is 0.0945. The standard InChI is InChI=1S/C28H30N4O4/c1-17-25(9-10-27(33)30-17)32(2)14-18-5-8-21-22-15-36-16-23(22)28(31-24(21)11-18)29-13-19-6-7-20(34-3)12-26(19)35-4/h5-12H,13-16H2,1-4H3,(H,29,31)(H,30,33). The Morgan fingerprint density at radius 3 is 2.67 bits per heavy atom. The van der Waals surface area contributed by atoms with Crippen molar-refractivity contribution in [3.63, 3.8) is 0 Å². The predicted octanol–water partition coefficient (Wildman–Crippen LogP) is 4.53. The zero-order valence-corrected chi connectivity index (χ0v) is 21.0. The average molecular weight is 487 g/mol. The highest BCUT2D eigenvalue weighted by atomic mass is 16.5. The zero-order chi connectivity index (χ0) is 25.2. The minimum atomic E-state index is -0.0945. The maximum Gasteiger partial charge on any atom is 0.248 e. The summed E-state index contributed by atoms with van der Waals surface area (Å²) in [4.78, 5) is 21.6. The van der Waals surface area contributed by atoms with Crippen LogP contribution in [0.3, 0.4) is 0 Å². The summed E-state index contributed by atoms with van der Waals surface area (Å²) >= 11 is 0. The summed E-state index contributed by atoms with van der Waals surface area (Å²) in [7, 11) is 5.32. The van der Waals surface area contributed by atoms with E-state index in [1.54, 1.807) is 20.3 Å². The van der Waals surface area contributed by atoms with Crippen molar-refractivity contribution in [3.05, 3.63) is 86.8 Å². The Morgan fingerprint density at radius 1 is 1.06 bits per heavy atom. The van der Waals surface area contributed by atoms with E-state index in [0.29, 0.717) is 26.3 Å². The molecule has 0 saturated heterocycles. The van der Waals surface area contributed by atoms with Crippen LogP contribution < -0.4 is 25.2 Å². The van der Waals surface area contributed by atoms with Gasteiger partial charge in [0, 0.05) is 54.5 Å². The molecule has 0 atom stereocenters. The molecule has 0 aliphatic carbocycles. The second kappa shape index (κ2) is 9.91. The quantitative estimate of drug-likeness (QED) is 0.378. The first-order valence-corrected chi connectivity index (χ1v) is 11.8. The zero-order valence-electron chi connectivity index (χ0n) is 21.0. The third-order valence-electron chi connectivity index (χ3n) is 6.62. The monoisotopic (exact) mass is 486 g/mol. The lowest BCUT2D eigenvalue weighted by atomic mass is 10.0. The van der Waals surface area contributed by atoms with Gasteiger partial charge in [-0.3, -0.25) is 4.79 Å². The average Bonchev–Trinajstić information content (AvgIpc) is 3.37. The Morgan fingerprint density at radius 2 is 1.89 bits per heavy atom. The van der Waals surface area contributed by atoms with Crippen LogP contribution in [0.5, 0.6) is 11.5 Å². The highest BCUT2D eigenvalue weighted by Gasteiger charge is 2.21. The number of pyridine rings is 2. The summed E-state index contributed by atoms with van der Waals surface area (Å²) in [6.45, 7) is 4.27. The van der Waals surface area contributed by atoms with Gasteiger partial charge in [0.2, 0.25) is 5.56 Å². The van der Waals surface area contributed by atoms with Gasteiger partial charge in [-0.25, -0.2) is 4.98 Å². The van der Waals surface area contributed by atoms with Crippen LogP contribution in [0.2, 0.25) is 0 Å². The number of rotatable bonds is 8. The second-order valence-corrected chi connectivity index (χ2v) is 8.98. The van der Waals surface area contributed by atoms with Crippen molar-refractivity contribution >= 4 is 22.4 Å². The Kier molecular flexibility index (Phi) is 6.52. The molecule has 186 valence electrons. The first kappa shape index (κ1) is 23.7. The Bertz CT molecular complexity index is 1480. The molecule has 0 spiro atoms. The smallest absolute Gasteiger partial charge is 0.248 e. The molecule has 0 fully saturated rings. The Balaban J connectivity index is 1.43. The van der Waals surface area contributed by atoms with E-state index in [1.807, 2.05) is 38.2 Å². The molecule has 0 saturated carbocycles. The molecule has 2 N–H and O–H groups in total. The van der Waals surface area contributed by atoms with Gasteiger partial charge in [-0.1, -0.05) is 12.1 Å². The number of aryl methyl sites for hydroxylation is 1. The highest BCUT2D eigenvalue weighted by Crippen LogP contribution is 2.34. The second-order valence-electron chi connectivity index (χ2n) is 8.98. The third kappa shape index (κ3) is 4.59. The number of hydrogen-bond acceptors (Lipinski definition) is 7. The number of nitrogens with zero attached hydrogens (tertiary/aromatic N) is 2. The SMILES string of the molecule is COc1ccc(CNc2nc3cc(CN(C)c4ccc(=O)[nH]c4C)ccc3c3c2COC3)c(OC)c1. The van der Waals surface area contributed by atoms with E-state index >= 15 is 0 Å². The molecule has 3 heterocycles. The number of hydrogen-bond donors (Lipinski definition) is 2. The minimum Gasteiger partial charge on any atom is -0.497 e. The predicted molar refractivity (Wildman–Crippen MR) is 141 cm³/mol. The maximum atomic E-state index is 11.6. The van der Waals surface area contributed by atoms with Crippen LogP contribution in [0.1, 0.15) is 27.9 Å². The van der Waals surface area contributed by atoms with Gasteiger partial charge in [0.1, 0.15) is 17.3 Å². The van der Waals surface area contributed by atoms with Crippen molar-refractivity contribution < 1.29 is 14.2 Å². The van der Waals surface area contributed by atoms with Crippen molar-refractivity contribution in [2.45, 2.75) is 33.2 Å². The van der Waals surface area contributed by atoms with Gasteiger partial charge in [0.15, 0.2) is 0 Å². The summed E-state index contributed by atoms with van der Waals surface area (Å²) in [5.41, 5.74) is 7.09. The lowest BCUT2D eigenvalue weighted by molar-refractivity contribution is 0.135. The van der Waals surface area contributed by atoms with E-state index in [1.165, 1.54) is 5.56 Å². The normalized spacial score (nSPS) is 12.4. The summed E-state index contributed by atoms with van der Waals surface area (Å²) in [5.74, 6) is 2.34. The summed E-state index contributed by atoms with van der Waals surface area (Å²) in [5, 5.41) is 4.62. The number of methoxy groups -OCH3 is 2. The molecule has 2 aromatic carbocycles. The first-order valence-electron chi connectivity index (χ1n) is 11.8. The van der Waals surface area contributed by atoms with Gasteiger partial charge in [0.25, 0.3) is 0 Å². The van der Waals surface area contributed by atoms with E-state index in [9.17, 15) is 4.79 Å². The van der Waals surface area contributed by atoms with Crippen molar-refractivity contribution in [1.82, 2.24) is 9.97 Å². The number of ether oxygens (including phenoxy) is 3. The Hall–Kier alpha value is -4.04. The molecular formula is C28H30N4O4. The summed E-state index contributed by atoms with van der Waals surface area (Å²) in [6.07, 6.45) is 0. The number of benzene rings is 2. The van der Waals surface area contributed by atoms with Crippen LogP contribution in [0.25, 0.3) is 10.9 Å². The van der Waals surface area contributed by atoms with Crippen LogP contribution in [-0.2, 0) is 31.0 Å². The number of aromatic nitrogens is 2. The van der Waals surface area contributed by atoms with E-state index in [2.05, 4.69) is 33.4 Å². The number of anilines is 2. The van der Waals surface area contributed by atoms with Crippen LogP contribution in [0, 0.1) is 6.92 Å². The fourth-order valence-corrected chi connectivity index (χ4v) is 4.76. The number of nitrogens with one attached hydrogen (secondary N) is 2. The van der Waals surface area contributed by atoms with Crippen molar-refractivity contribution in [3.8, 4) is 11.5 Å².